The topological polar surface area (TPSA) is 77.8 Å². The molecule has 0 amide bonds. The summed E-state index contributed by atoms with van der Waals surface area (Å²) < 4.78 is 0. The maximum absolute atomic E-state index is 5.63. The summed E-state index contributed by atoms with van der Waals surface area (Å²) in [5, 5.41) is 2.01. The molecule has 2 heterocycles. The maximum Gasteiger partial charge on any atom is 0.110 e. The van der Waals surface area contributed by atoms with Crippen molar-refractivity contribution in [1.29, 1.82) is 0 Å². The molecule has 0 unspecified atom stereocenters. The fraction of sp³-hybridized carbons (Fsp3) is 0.286. The number of nitrogens with zero attached hydrogens (tertiary/aromatic N) is 2. The van der Waals surface area contributed by atoms with Gasteiger partial charge in [0.05, 0.1) is 0 Å². The van der Waals surface area contributed by atoms with E-state index in [4.69, 9.17) is 11.5 Å². The summed E-state index contributed by atoms with van der Waals surface area (Å²) in [5.74, 6) is 0. The van der Waals surface area contributed by atoms with E-state index in [-0.39, 0.29) is 24.8 Å². The standard InChI is InChI=1S/C14H18N4S2.2ClH/c15-7-5-11-3-1-9-17-13(11)19-20-14-12(6-8-16)4-2-10-18-14;;/h1-4,9-10H,5-8,15-16H2;2*1H. The van der Waals surface area contributed by atoms with E-state index in [9.17, 15) is 0 Å². The molecule has 4 nitrogen and oxygen atoms in total. The lowest BCUT2D eigenvalue weighted by molar-refractivity contribution is 0.911. The van der Waals surface area contributed by atoms with E-state index in [1.807, 2.05) is 24.5 Å². The van der Waals surface area contributed by atoms with Crippen LogP contribution in [-0.4, -0.2) is 23.1 Å². The SMILES string of the molecule is Cl.Cl.NCCc1cccnc1SSc1ncccc1CCN. The van der Waals surface area contributed by atoms with E-state index >= 15 is 0 Å². The van der Waals surface area contributed by atoms with E-state index in [0.29, 0.717) is 13.1 Å². The van der Waals surface area contributed by atoms with Crippen LogP contribution in [-0.2, 0) is 12.8 Å². The zero-order valence-corrected chi connectivity index (χ0v) is 15.2. The quantitative estimate of drug-likeness (QED) is 0.720. The van der Waals surface area contributed by atoms with Crippen LogP contribution >= 0.6 is 46.4 Å². The minimum atomic E-state index is 0. The second kappa shape index (κ2) is 12.0. The monoisotopic (exact) mass is 378 g/mol. The molecule has 122 valence electrons. The number of pyridine rings is 2. The summed E-state index contributed by atoms with van der Waals surface area (Å²) in [6, 6.07) is 8.03. The van der Waals surface area contributed by atoms with Crippen molar-refractivity contribution in [1.82, 2.24) is 9.97 Å². The number of aromatic nitrogens is 2. The van der Waals surface area contributed by atoms with Crippen molar-refractivity contribution in [3.63, 3.8) is 0 Å². The number of rotatable bonds is 7. The molecule has 4 N–H and O–H groups in total. The third-order valence-electron chi connectivity index (χ3n) is 2.73. The van der Waals surface area contributed by atoms with Gasteiger partial charge in [0.2, 0.25) is 0 Å². The molecule has 0 saturated heterocycles. The Morgan fingerprint density at radius 1 is 0.773 bits per heavy atom. The third kappa shape index (κ3) is 6.32. The van der Waals surface area contributed by atoms with E-state index in [2.05, 4.69) is 22.1 Å². The number of nitrogens with two attached hydrogens (primary N) is 2. The molecule has 2 aromatic rings. The summed E-state index contributed by atoms with van der Waals surface area (Å²) in [6.45, 7) is 1.26. The average Bonchev–Trinajstić information content (AvgIpc) is 2.48. The van der Waals surface area contributed by atoms with Crippen molar-refractivity contribution >= 4 is 46.4 Å². The third-order valence-corrected chi connectivity index (χ3v) is 5.06. The van der Waals surface area contributed by atoms with Gasteiger partial charge in [0.15, 0.2) is 0 Å². The lowest BCUT2D eigenvalue weighted by atomic mass is 10.2. The van der Waals surface area contributed by atoms with Crippen LogP contribution in [0.25, 0.3) is 0 Å². The highest BCUT2D eigenvalue weighted by molar-refractivity contribution is 8.76. The Morgan fingerprint density at radius 2 is 1.18 bits per heavy atom. The van der Waals surface area contributed by atoms with Gasteiger partial charge in [-0.05, 0) is 70.8 Å². The predicted octanol–water partition coefficient (Wildman–Crippen LogP) is 3.12. The van der Waals surface area contributed by atoms with Gasteiger partial charge in [-0.25, -0.2) is 9.97 Å². The molecule has 0 atom stereocenters. The van der Waals surface area contributed by atoms with Gasteiger partial charge in [0, 0.05) is 12.4 Å². The lowest BCUT2D eigenvalue weighted by Gasteiger charge is -2.08. The highest BCUT2D eigenvalue weighted by atomic mass is 35.5. The second-order valence-electron chi connectivity index (χ2n) is 4.18. The fourth-order valence-corrected chi connectivity index (χ4v) is 4.06. The minimum absolute atomic E-state index is 0. The van der Waals surface area contributed by atoms with Crippen LogP contribution < -0.4 is 11.5 Å². The molecule has 8 heteroatoms. The van der Waals surface area contributed by atoms with Crippen LogP contribution in [0.5, 0.6) is 0 Å². The first-order chi connectivity index (χ1) is 9.85. The zero-order valence-electron chi connectivity index (χ0n) is 12.0. The molecular formula is C14H20Cl2N4S2. The largest absolute Gasteiger partial charge is 0.330 e. The zero-order chi connectivity index (χ0) is 14.2. The number of hydrogen-bond acceptors (Lipinski definition) is 6. The van der Waals surface area contributed by atoms with E-state index in [0.717, 1.165) is 22.9 Å². The Morgan fingerprint density at radius 3 is 1.55 bits per heavy atom. The van der Waals surface area contributed by atoms with E-state index in [1.54, 1.807) is 21.6 Å². The Kier molecular flexibility index (Phi) is 11.7. The van der Waals surface area contributed by atoms with Crippen molar-refractivity contribution in [2.45, 2.75) is 22.9 Å². The molecule has 0 spiro atoms. The van der Waals surface area contributed by atoms with Gasteiger partial charge in [0.1, 0.15) is 10.1 Å². The Hall–Kier alpha value is -0.500. The van der Waals surface area contributed by atoms with Crippen molar-refractivity contribution in [2.24, 2.45) is 11.5 Å². The van der Waals surface area contributed by atoms with E-state index in [1.165, 1.54) is 11.1 Å². The van der Waals surface area contributed by atoms with Crippen molar-refractivity contribution in [2.75, 3.05) is 13.1 Å². The maximum atomic E-state index is 5.63. The first-order valence-electron chi connectivity index (χ1n) is 6.47. The summed E-state index contributed by atoms with van der Waals surface area (Å²) in [5.41, 5.74) is 13.6. The van der Waals surface area contributed by atoms with Crippen LogP contribution in [0.2, 0.25) is 0 Å². The molecule has 0 bridgehead atoms. The van der Waals surface area contributed by atoms with Crippen LogP contribution in [0.3, 0.4) is 0 Å². The van der Waals surface area contributed by atoms with Gasteiger partial charge in [-0.3, -0.25) is 0 Å². The van der Waals surface area contributed by atoms with Crippen LogP contribution in [0.1, 0.15) is 11.1 Å². The number of hydrogen-bond donors (Lipinski definition) is 2. The minimum Gasteiger partial charge on any atom is -0.330 e. The Bertz CT molecular complexity index is 508. The highest BCUT2D eigenvalue weighted by Crippen LogP contribution is 2.38. The second-order valence-corrected chi connectivity index (χ2v) is 6.29. The van der Waals surface area contributed by atoms with Gasteiger partial charge in [-0.15, -0.1) is 24.8 Å². The summed E-state index contributed by atoms with van der Waals surface area (Å²) in [7, 11) is 3.25. The normalized spacial score (nSPS) is 9.73. The number of halogens is 2. The molecule has 0 saturated carbocycles. The molecule has 0 aliphatic carbocycles. The van der Waals surface area contributed by atoms with Gasteiger partial charge < -0.3 is 11.5 Å². The molecule has 0 aliphatic rings. The molecule has 22 heavy (non-hydrogen) atoms. The Labute approximate surface area is 151 Å². The van der Waals surface area contributed by atoms with Crippen LogP contribution in [0.4, 0.5) is 0 Å². The first-order valence-corrected chi connectivity index (χ1v) is 8.62. The molecule has 2 rings (SSSR count). The van der Waals surface area contributed by atoms with Crippen molar-refractivity contribution < 1.29 is 0 Å². The molecule has 2 aromatic heterocycles. The Balaban J connectivity index is 0.00000220. The fourth-order valence-electron chi connectivity index (χ4n) is 1.77. The summed E-state index contributed by atoms with van der Waals surface area (Å²) >= 11 is 0. The van der Waals surface area contributed by atoms with Crippen molar-refractivity contribution in [3.05, 3.63) is 47.8 Å². The summed E-state index contributed by atoms with van der Waals surface area (Å²) in [4.78, 5) is 8.84. The molecule has 0 fully saturated rings. The molecule has 0 radical (unpaired) electrons. The van der Waals surface area contributed by atoms with Gasteiger partial charge in [-0.1, -0.05) is 12.1 Å². The molecular weight excluding hydrogens is 359 g/mol. The smallest absolute Gasteiger partial charge is 0.110 e. The van der Waals surface area contributed by atoms with E-state index < -0.39 is 0 Å². The lowest BCUT2D eigenvalue weighted by Crippen LogP contribution is -2.04. The van der Waals surface area contributed by atoms with Gasteiger partial charge in [-0.2, -0.15) is 0 Å². The van der Waals surface area contributed by atoms with Crippen LogP contribution in [0, 0.1) is 0 Å². The van der Waals surface area contributed by atoms with Gasteiger partial charge >= 0.3 is 0 Å². The summed E-state index contributed by atoms with van der Waals surface area (Å²) in [6.07, 6.45) is 5.30. The van der Waals surface area contributed by atoms with Crippen molar-refractivity contribution in [3.8, 4) is 0 Å². The van der Waals surface area contributed by atoms with Gasteiger partial charge in [0.25, 0.3) is 0 Å². The predicted molar refractivity (Wildman–Crippen MR) is 100 cm³/mol. The molecule has 0 aliphatic heterocycles. The van der Waals surface area contributed by atoms with Crippen LogP contribution in [0.15, 0.2) is 46.7 Å². The first kappa shape index (κ1) is 21.5. The average molecular weight is 379 g/mol. The molecule has 0 aromatic carbocycles. The highest BCUT2D eigenvalue weighted by Gasteiger charge is 2.08.